The molecule has 1 fully saturated rings. The van der Waals surface area contributed by atoms with E-state index >= 15 is 0 Å². The van der Waals surface area contributed by atoms with Gasteiger partial charge < -0.3 is 10.6 Å². The van der Waals surface area contributed by atoms with Gasteiger partial charge in [-0.05, 0) is 49.8 Å². The number of amides is 1. The van der Waals surface area contributed by atoms with Crippen LogP contribution in [0.25, 0.3) is 17.0 Å². The number of halogens is 1. The quantitative estimate of drug-likeness (QED) is 0.626. The number of carbonyl (C=O) groups is 1. The predicted octanol–water partition coefficient (Wildman–Crippen LogP) is 4.67. The summed E-state index contributed by atoms with van der Waals surface area (Å²) in [5.41, 5.74) is 8.67. The van der Waals surface area contributed by atoms with Gasteiger partial charge in [0.25, 0.3) is 0 Å². The van der Waals surface area contributed by atoms with Crippen molar-refractivity contribution in [3.05, 3.63) is 63.4 Å². The largest absolute Gasteiger partial charge is 0.398 e. The van der Waals surface area contributed by atoms with Crippen LogP contribution in [0.4, 0.5) is 5.69 Å². The number of fused-ring (bicyclic) bond motifs is 1. The molecule has 30 heavy (non-hydrogen) atoms. The number of anilines is 1. The number of rotatable bonds is 5. The normalized spacial score (nSPS) is 20.5. The minimum atomic E-state index is -0.167. The van der Waals surface area contributed by atoms with E-state index in [0.29, 0.717) is 13.1 Å². The third kappa shape index (κ3) is 4.36. The van der Waals surface area contributed by atoms with Crippen LogP contribution in [0, 0.1) is 0 Å². The summed E-state index contributed by atoms with van der Waals surface area (Å²) in [6.45, 7) is 6.18. The Kier molecular flexibility index (Phi) is 6.09. The number of aromatic nitrogens is 1. The Bertz CT molecular complexity index is 1100. The second-order valence-corrected chi connectivity index (χ2v) is 9.48. The van der Waals surface area contributed by atoms with E-state index in [-0.39, 0.29) is 18.0 Å². The number of nitrogens with two attached hydrogens (primary N) is 1. The van der Waals surface area contributed by atoms with E-state index in [4.69, 9.17) is 17.3 Å². The van der Waals surface area contributed by atoms with Crippen LogP contribution in [0.1, 0.15) is 24.3 Å². The average molecular weight is 441 g/mol. The Morgan fingerprint density at radius 3 is 2.87 bits per heavy atom. The monoisotopic (exact) mass is 440 g/mol. The van der Waals surface area contributed by atoms with Gasteiger partial charge in [0.05, 0.1) is 15.9 Å². The fourth-order valence-electron chi connectivity index (χ4n) is 4.03. The van der Waals surface area contributed by atoms with E-state index in [1.165, 1.54) is 0 Å². The molecular weight excluding hydrogens is 416 g/mol. The fraction of sp³-hybridized carbons (Fsp3) is 0.304. The molecule has 7 heteroatoms. The first-order valence-corrected chi connectivity index (χ1v) is 11.2. The van der Waals surface area contributed by atoms with E-state index in [1.54, 1.807) is 23.6 Å². The molecule has 0 unspecified atom stereocenters. The van der Waals surface area contributed by atoms with Gasteiger partial charge >= 0.3 is 0 Å². The molecular formula is C23H25ClN4OS. The molecule has 0 spiro atoms. The Labute approximate surface area is 185 Å². The highest BCUT2D eigenvalue weighted by molar-refractivity contribution is 7.16. The topological polar surface area (TPSA) is 62.5 Å². The van der Waals surface area contributed by atoms with Crippen molar-refractivity contribution in [1.29, 1.82) is 0 Å². The lowest BCUT2D eigenvalue weighted by Gasteiger charge is -2.43. The van der Waals surface area contributed by atoms with Crippen molar-refractivity contribution in [1.82, 2.24) is 14.8 Å². The predicted molar refractivity (Wildman–Crippen MR) is 126 cm³/mol. The summed E-state index contributed by atoms with van der Waals surface area (Å²) in [6, 6.07) is 11.8. The Morgan fingerprint density at radius 2 is 2.10 bits per heavy atom. The van der Waals surface area contributed by atoms with Crippen molar-refractivity contribution >= 4 is 51.5 Å². The number of benzene rings is 1. The van der Waals surface area contributed by atoms with E-state index in [0.717, 1.165) is 37.9 Å². The summed E-state index contributed by atoms with van der Waals surface area (Å²) in [5, 5.41) is 0.943. The molecule has 2 aromatic heterocycles. The summed E-state index contributed by atoms with van der Waals surface area (Å²) >= 11 is 7.54. The van der Waals surface area contributed by atoms with Gasteiger partial charge in [-0.3, -0.25) is 14.7 Å². The van der Waals surface area contributed by atoms with Gasteiger partial charge in [-0.25, -0.2) is 0 Å². The molecule has 3 aromatic rings. The first kappa shape index (κ1) is 20.8. The van der Waals surface area contributed by atoms with Crippen LogP contribution in [0.3, 0.4) is 0 Å². The minimum Gasteiger partial charge on any atom is -0.398 e. The van der Waals surface area contributed by atoms with E-state index < -0.39 is 0 Å². The zero-order chi connectivity index (χ0) is 21.3. The molecule has 2 N–H and O–H groups in total. The number of thiophene rings is 1. The van der Waals surface area contributed by atoms with E-state index in [2.05, 4.69) is 29.0 Å². The molecule has 1 aliphatic heterocycles. The molecule has 2 atom stereocenters. The molecule has 5 nitrogen and oxygen atoms in total. The summed E-state index contributed by atoms with van der Waals surface area (Å²) in [5.74, 6) is 0.154. The van der Waals surface area contributed by atoms with Gasteiger partial charge in [-0.15, -0.1) is 11.3 Å². The SMILES string of the molecule is C[C@@H]1CN(Cc2ccc3c(N)ccnc3c2)C(=O)[C@H](C)N1CC=Cc1ccc(Cl)s1. The van der Waals surface area contributed by atoms with E-state index in [9.17, 15) is 4.79 Å². The molecule has 4 rings (SSSR count). The lowest BCUT2D eigenvalue weighted by molar-refractivity contribution is -0.144. The smallest absolute Gasteiger partial charge is 0.240 e. The van der Waals surface area contributed by atoms with Crippen LogP contribution < -0.4 is 5.73 Å². The van der Waals surface area contributed by atoms with Crippen LogP contribution in [0.2, 0.25) is 4.34 Å². The molecule has 1 amide bonds. The van der Waals surface area contributed by atoms with E-state index in [1.807, 2.05) is 42.2 Å². The summed E-state index contributed by atoms with van der Waals surface area (Å²) < 4.78 is 0.784. The molecule has 3 heterocycles. The van der Waals surface area contributed by atoms with Crippen LogP contribution in [0.15, 0.2) is 48.7 Å². The third-order valence-electron chi connectivity index (χ3n) is 5.62. The molecule has 0 saturated carbocycles. The minimum absolute atomic E-state index is 0.154. The fourth-order valence-corrected chi connectivity index (χ4v) is 5.02. The highest BCUT2D eigenvalue weighted by Gasteiger charge is 2.35. The Hall–Kier alpha value is -2.41. The Balaban J connectivity index is 1.43. The van der Waals surface area contributed by atoms with Crippen molar-refractivity contribution in [3.63, 3.8) is 0 Å². The second kappa shape index (κ2) is 8.76. The molecule has 156 valence electrons. The maximum absolute atomic E-state index is 13.0. The average Bonchev–Trinajstić information content (AvgIpc) is 3.14. The van der Waals surface area contributed by atoms with Crippen LogP contribution >= 0.6 is 22.9 Å². The lowest BCUT2D eigenvalue weighted by Crippen LogP contribution is -2.59. The summed E-state index contributed by atoms with van der Waals surface area (Å²) in [7, 11) is 0. The maximum atomic E-state index is 13.0. The lowest BCUT2D eigenvalue weighted by atomic mass is 10.0. The van der Waals surface area contributed by atoms with Gasteiger partial charge in [0.15, 0.2) is 0 Å². The molecule has 1 aliphatic rings. The van der Waals surface area contributed by atoms with Crippen LogP contribution in [-0.4, -0.2) is 45.9 Å². The number of hydrogen-bond acceptors (Lipinski definition) is 5. The van der Waals surface area contributed by atoms with Crippen molar-refractivity contribution in [2.24, 2.45) is 0 Å². The highest BCUT2D eigenvalue weighted by atomic mass is 35.5. The first-order valence-electron chi connectivity index (χ1n) is 10.0. The zero-order valence-corrected chi connectivity index (χ0v) is 18.7. The standard InChI is InChI=1S/C23H25ClN4OS/c1-15-13-27(14-17-5-7-19-20(25)9-10-26-21(19)12-17)23(29)16(2)28(15)11-3-4-18-6-8-22(24)30-18/h3-10,12,15-16H,11,13-14H2,1-2H3,(H2,25,26)/t15-,16+/m1/s1. The maximum Gasteiger partial charge on any atom is 0.240 e. The van der Waals surface area contributed by atoms with Gasteiger partial charge in [-0.2, -0.15) is 0 Å². The molecule has 0 bridgehead atoms. The number of nitrogen functional groups attached to an aromatic ring is 1. The first-order chi connectivity index (χ1) is 14.4. The van der Waals surface area contributed by atoms with Gasteiger partial charge in [0.1, 0.15) is 0 Å². The molecule has 1 saturated heterocycles. The van der Waals surface area contributed by atoms with Crippen molar-refractivity contribution in [2.45, 2.75) is 32.5 Å². The number of piperazine rings is 1. The summed E-state index contributed by atoms with van der Waals surface area (Å²) in [6.07, 6.45) is 5.89. The van der Waals surface area contributed by atoms with Crippen LogP contribution in [0.5, 0.6) is 0 Å². The van der Waals surface area contributed by atoms with Crippen LogP contribution in [-0.2, 0) is 11.3 Å². The number of nitrogens with zero attached hydrogens (tertiary/aromatic N) is 3. The number of pyridine rings is 1. The van der Waals surface area contributed by atoms with Crippen molar-refractivity contribution in [3.8, 4) is 0 Å². The zero-order valence-electron chi connectivity index (χ0n) is 17.1. The number of carbonyl (C=O) groups excluding carboxylic acids is 1. The Morgan fingerprint density at radius 1 is 1.27 bits per heavy atom. The summed E-state index contributed by atoms with van der Waals surface area (Å²) in [4.78, 5) is 22.8. The molecule has 0 radical (unpaired) electrons. The number of hydrogen-bond donors (Lipinski definition) is 1. The van der Waals surface area contributed by atoms with Crippen molar-refractivity contribution in [2.75, 3.05) is 18.8 Å². The molecule has 0 aliphatic carbocycles. The van der Waals surface area contributed by atoms with Gasteiger partial charge in [0, 0.05) is 47.8 Å². The van der Waals surface area contributed by atoms with Gasteiger partial charge in [0.2, 0.25) is 5.91 Å². The van der Waals surface area contributed by atoms with Gasteiger partial charge in [-0.1, -0.05) is 29.8 Å². The van der Waals surface area contributed by atoms with Crippen molar-refractivity contribution < 1.29 is 4.79 Å². The highest BCUT2D eigenvalue weighted by Crippen LogP contribution is 2.24. The second-order valence-electron chi connectivity index (χ2n) is 7.74. The molecule has 1 aromatic carbocycles. The third-order valence-corrected chi connectivity index (χ3v) is 6.82.